The Labute approximate surface area is 99.5 Å². The minimum Gasteiger partial charge on any atom is -0.303 e. The highest BCUT2D eigenvalue weighted by atomic mass is 15.1. The number of hydrogen-bond donors (Lipinski definition) is 0. The van der Waals surface area contributed by atoms with E-state index < -0.39 is 0 Å². The van der Waals surface area contributed by atoms with Gasteiger partial charge in [0.25, 0.3) is 0 Å². The summed E-state index contributed by atoms with van der Waals surface area (Å²) in [6.07, 6.45) is 9.11. The van der Waals surface area contributed by atoms with E-state index in [2.05, 4.69) is 41.7 Å². The highest BCUT2D eigenvalue weighted by Gasteiger charge is 2.08. The third-order valence-electron chi connectivity index (χ3n) is 3.31. The quantitative estimate of drug-likeness (QED) is 0.681. The smallest absolute Gasteiger partial charge is 0.00185 e. The van der Waals surface area contributed by atoms with Crippen LogP contribution in [-0.4, -0.2) is 24.5 Å². The lowest BCUT2D eigenvalue weighted by Crippen LogP contribution is -2.30. The molecule has 0 N–H and O–H groups in total. The van der Waals surface area contributed by atoms with E-state index in [1.165, 1.54) is 57.3 Å². The summed E-state index contributed by atoms with van der Waals surface area (Å²) < 4.78 is 0. The van der Waals surface area contributed by atoms with Gasteiger partial charge >= 0.3 is 0 Å². The van der Waals surface area contributed by atoms with Crippen molar-refractivity contribution >= 4 is 0 Å². The van der Waals surface area contributed by atoms with Crippen molar-refractivity contribution in [1.29, 1.82) is 0 Å². The van der Waals surface area contributed by atoms with Gasteiger partial charge in [0.05, 0.1) is 0 Å². The number of likely N-dealkylation sites (tertiary alicyclic amines) is 1. The second-order valence-electron chi connectivity index (χ2n) is 4.66. The Morgan fingerprint density at radius 2 is 1.75 bits per heavy atom. The van der Waals surface area contributed by atoms with Crippen molar-refractivity contribution in [2.75, 3.05) is 19.6 Å². The molecule has 0 unspecified atom stereocenters. The fraction of sp³-hybridized carbons (Fsp3) is 0.533. The molecule has 1 aliphatic heterocycles. The van der Waals surface area contributed by atoms with Gasteiger partial charge in [0.1, 0.15) is 0 Å². The van der Waals surface area contributed by atoms with Gasteiger partial charge in [-0.25, -0.2) is 0 Å². The average Bonchev–Trinajstić information content (AvgIpc) is 2.37. The van der Waals surface area contributed by atoms with Crippen LogP contribution in [0.1, 0.15) is 37.7 Å². The second-order valence-corrected chi connectivity index (χ2v) is 4.66. The first kappa shape index (κ1) is 11.7. The molecule has 0 aromatic heterocycles. The fourth-order valence-corrected chi connectivity index (χ4v) is 2.36. The number of rotatable bonds is 5. The van der Waals surface area contributed by atoms with Crippen LogP contribution in [0, 0.1) is 6.42 Å². The van der Waals surface area contributed by atoms with E-state index in [-0.39, 0.29) is 0 Å². The molecule has 1 radical (unpaired) electrons. The Bertz CT molecular complexity index is 275. The molecule has 0 atom stereocenters. The Hall–Kier alpha value is -0.820. The van der Waals surface area contributed by atoms with Crippen LogP contribution in [0.4, 0.5) is 0 Å². The van der Waals surface area contributed by atoms with Crippen LogP contribution in [0.15, 0.2) is 30.3 Å². The highest BCUT2D eigenvalue weighted by molar-refractivity contribution is 5.21. The predicted octanol–water partition coefficient (Wildman–Crippen LogP) is 3.51. The first-order valence-corrected chi connectivity index (χ1v) is 6.56. The maximum Gasteiger partial charge on any atom is -0.00185 e. The zero-order valence-corrected chi connectivity index (χ0v) is 10.1. The molecule has 0 spiro atoms. The molecule has 1 aromatic carbocycles. The summed E-state index contributed by atoms with van der Waals surface area (Å²) >= 11 is 0. The first-order valence-electron chi connectivity index (χ1n) is 6.56. The minimum absolute atomic E-state index is 1.21. The summed E-state index contributed by atoms with van der Waals surface area (Å²) in [4.78, 5) is 2.61. The predicted molar refractivity (Wildman–Crippen MR) is 69.4 cm³/mol. The van der Waals surface area contributed by atoms with Gasteiger partial charge in [-0.2, -0.15) is 0 Å². The van der Waals surface area contributed by atoms with E-state index in [9.17, 15) is 0 Å². The molecule has 0 bridgehead atoms. The summed E-state index contributed by atoms with van der Waals surface area (Å²) in [6, 6.07) is 10.7. The minimum atomic E-state index is 1.21. The average molecular weight is 216 g/mol. The molecular weight excluding hydrogens is 194 g/mol. The van der Waals surface area contributed by atoms with Gasteiger partial charge in [0, 0.05) is 0 Å². The van der Waals surface area contributed by atoms with Gasteiger partial charge in [0.2, 0.25) is 0 Å². The highest BCUT2D eigenvalue weighted by Crippen LogP contribution is 2.11. The van der Waals surface area contributed by atoms with Crippen LogP contribution in [0.25, 0.3) is 0 Å². The molecule has 1 heteroatoms. The standard InChI is InChI=1S/C15H22N/c1-3-9-15(10-4-1)11-5-8-14-16-12-6-2-7-13-16/h1,3-4,9-11H,2,5-8,12-14H2. The summed E-state index contributed by atoms with van der Waals surface area (Å²) in [6.45, 7) is 3.93. The molecule has 0 aliphatic carbocycles. The van der Waals surface area contributed by atoms with Crippen LogP contribution in [0.3, 0.4) is 0 Å². The molecule has 1 aliphatic rings. The summed E-state index contributed by atoms with van der Waals surface area (Å²) in [5.41, 5.74) is 1.36. The van der Waals surface area contributed by atoms with Crippen LogP contribution in [0.2, 0.25) is 0 Å². The van der Waals surface area contributed by atoms with E-state index in [4.69, 9.17) is 0 Å². The number of unbranched alkanes of at least 4 members (excludes halogenated alkanes) is 1. The zero-order valence-electron chi connectivity index (χ0n) is 10.1. The molecule has 1 aromatic rings. The Balaban J connectivity index is 1.58. The molecular formula is C15H22N. The van der Waals surface area contributed by atoms with Gasteiger partial charge in [-0.3, -0.25) is 0 Å². The van der Waals surface area contributed by atoms with Crippen LogP contribution < -0.4 is 0 Å². The lowest BCUT2D eigenvalue weighted by molar-refractivity contribution is 0.226. The van der Waals surface area contributed by atoms with Crippen LogP contribution in [-0.2, 0) is 0 Å². The molecule has 1 nitrogen and oxygen atoms in total. The monoisotopic (exact) mass is 216 g/mol. The molecule has 1 saturated heterocycles. The topological polar surface area (TPSA) is 3.24 Å². The lowest BCUT2D eigenvalue weighted by Gasteiger charge is -2.26. The second kappa shape index (κ2) is 6.70. The maximum atomic E-state index is 2.61. The van der Waals surface area contributed by atoms with Crippen molar-refractivity contribution in [3.63, 3.8) is 0 Å². The molecule has 1 fully saturated rings. The van der Waals surface area contributed by atoms with Crippen molar-refractivity contribution in [2.45, 2.75) is 32.1 Å². The Morgan fingerprint density at radius 3 is 2.50 bits per heavy atom. The molecule has 87 valence electrons. The molecule has 2 rings (SSSR count). The van der Waals surface area contributed by atoms with Gasteiger partial charge in [-0.15, -0.1) is 0 Å². The number of piperidine rings is 1. The maximum absolute atomic E-state index is 2.61. The van der Waals surface area contributed by atoms with Crippen molar-refractivity contribution in [3.05, 3.63) is 42.3 Å². The van der Waals surface area contributed by atoms with Crippen molar-refractivity contribution in [1.82, 2.24) is 4.90 Å². The van der Waals surface area contributed by atoms with E-state index >= 15 is 0 Å². The largest absolute Gasteiger partial charge is 0.303 e. The molecule has 0 saturated carbocycles. The first-order chi connectivity index (χ1) is 7.95. The Morgan fingerprint density at radius 1 is 1.00 bits per heavy atom. The summed E-state index contributed by atoms with van der Waals surface area (Å²) in [5.74, 6) is 0. The van der Waals surface area contributed by atoms with E-state index in [1.807, 2.05) is 0 Å². The fourth-order valence-electron chi connectivity index (χ4n) is 2.36. The third kappa shape index (κ3) is 3.97. The van der Waals surface area contributed by atoms with E-state index in [0.29, 0.717) is 0 Å². The van der Waals surface area contributed by atoms with Gasteiger partial charge in [-0.05, 0) is 57.3 Å². The van der Waals surface area contributed by atoms with Crippen LogP contribution >= 0.6 is 0 Å². The normalized spacial score (nSPS) is 17.5. The van der Waals surface area contributed by atoms with Crippen LogP contribution in [0.5, 0.6) is 0 Å². The third-order valence-corrected chi connectivity index (χ3v) is 3.31. The van der Waals surface area contributed by atoms with Gasteiger partial charge < -0.3 is 4.90 Å². The van der Waals surface area contributed by atoms with Crippen molar-refractivity contribution in [3.8, 4) is 0 Å². The molecule has 0 amide bonds. The van der Waals surface area contributed by atoms with Crippen molar-refractivity contribution in [2.24, 2.45) is 0 Å². The van der Waals surface area contributed by atoms with E-state index in [1.54, 1.807) is 0 Å². The van der Waals surface area contributed by atoms with Gasteiger partial charge in [0.15, 0.2) is 0 Å². The zero-order chi connectivity index (χ0) is 11.1. The number of hydrogen-bond acceptors (Lipinski definition) is 1. The SMILES string of the molecule is [CH](CCCN1CCCCC1)c1ccccc1. The summed E-state index contributed by atoms with van der Waals surface area (Å²) in [5, 5.41) is 0. The van der Waals surface area contributed by atoms with E-state index in [0.717, 1.165) is 0 Å². The van der Waals surface area contributed by atoms with Crippen molar-refractivity contribution < 1.29 is 0 Å². The summed E-state index contributed by atoms with van der Waals surface area (Å²) in [7, 11) is 0. The lowest BCUT2D eigenvalue weighted by atomic mass is 10.1. The number of nitrogens with zero attached hydrogens (tertiary/aromatic N) is 1. The van der Waals surface area contributed by atoms with Gasteiger partial charge in [-0.1, -0.05) is 36.8 Å². The molecule has 1 heterocycles. The molecule has 16 heavy (non-hydrogen) atoms. The number of benzene rings is 1. The Kier molecular flexibility index (Phi) is 4.88.